The van der Waals surface area contributed by atoms with Crippen LogP contribution in [0.1, 0.15) is 28.2 Å². The van der Waals surface area contributed by atoms with Gasteiger partial charge in [0.1, 0.15) is 0 Å². The molecule has 0 bridgehead atoms. The van der Waals surface area contributed by atoms with Crippen LogP contribution in [0.4, 0.5) is 5.69 Å². The molecule has 26 heavy (non-hydrogen) atoms. The maximum absolute atomic E-state index is 12.4. The van der Waals surface area contributed by atoms with Gasteiger partial charge in [0.15, 0.2) is 5.82 Å². The molecule has 0 saturated carbocycles. The van der Waals surface area contributed by atoms with E-state index in [1.54, 1.807) is 48.3 Å². The van der Waals surface area contributed by atoms with Crippen molar-refractivity contribution in [3.8, 4) is 0 Å². The molecule has 3 aromatic rings. The zero-order chi connectivity index (χ0) is 18.5. The van der Waals surface area contributed by atoms with Crippen molar-refractivity contribution in [3.05, 3.63) is 82.9 Å². The van der Waals surface area contributed by atoms with Crippen molar-refractivity contribution in [2.75, 3.05) is 5.32 Å². The normalized spacial score (nSPS) is 10.5. The summed E-state index contributed by atoms with van der Waals surface area (Å²) in [4.78, 5) is 28.5. The number of carbonyl (C=O) groups is 2. The SMILES string of the molecule is Cn1ccnc1C(=O)c1ccc(NC(=O)CCc2ccc(Cl)cc2)cc1. The van der Waals surface area contributed by atoms with E-state index in [1.807, 2.05) is 24.3 Å². The number of anilines is 1. The van der Waals surface area contributed by atoms with Crippen LogP contribution in [0.3, 0.4) is 0 Å². The van der Waals surface area contributed by atoms with Gasteiger partial charge in [-0.15, -0.1) is 0 Å². The Morgan fingerprint density at radius 2 is 1.77 bits per heavy atom. The number of hydrogen-bond donors (Lipinski definition) is 1. The summed E-state index contributed by atoms with van der Waals surface area (Å²) in [5, 5.41) is 3.52. The molecule has 1 N–H and O–H groups in total. The molecule has 3 rings (SSSR count). The number of rotatable bonds is 6. The van der Waals surface area contributed by atoms with Crippen LogP contribution in [-0.2, 0) is 18.3 Å². The van der Waals surface area contributed by atoms with Gasteiger partial charge >= 0.3 is 0 Å². The van der Waals surface area contributed by atoms with E-state index in [4.69, 9.17) is 11.6 Å². The van der Waals surface area contributed by atoms with Gasteiger partial charge in [-0.1, -0.05) is 23.7 Å². The molecule has 0 aliphatic rings. The highest BCUT2D eigenvalue weighted by atomic mass is 35.5. The smallest absolute Gasteiger partial charge is 0.228 e. The molecule has 0 radical (unpaired) electrons. The van der Waals surface area contributed by atoms with Crippen LogP contribution >= 0.6 is 11.6 Å². The molecule has 0 aliphatic heterocycles. The van der Waals surface area contributed by atoms with Gasteiger partial charge < -0.3 is 9.88 Å². The Hall–Kier alpha value is -2.92. The van der Waals surface area contributed by atoms with E-state index in [0.717, 1.165) is 5.56 Å². The average molecular weight is 368 g/mol. The van der Waals surface area contributed by atoms with Crippen molar-refractivity contribution >= 4 is 29.0 Å². The highest BCUT2D eigenvalue weighted by Crippen LogP contribution is 2.14. The summed E-state index contributed by atoms with van der Waals surface area (Å²) in [7, 11) is 1.77. The minimum Gasteiger partial charge on any atom is -0.331 e. The molecule has 1 amide bonds. The van der Waals surface area contributed by atoms with Gasteiger partial charge in [0.2, 0.25) is 11.7 Å². The van der Waals surface area contributed by atoms with Crippen molar-refractivity contribution in [1.29, 1.82) is 0 Å². The third-order valence-corrected chi connectivity index (χ3v) is 4.26. The summed E-state index contributed by atoms with van der Waals surface area (Å²) in [6.45, 7) is 0. The van der Waals surface area contributed by atoms with Crippen LogP contribution in [0.5, 0.6) is 0 Å². The lowest BCUT2D eigenvalue weighted by Crippen LogP contribution is -2.13. The maximum atomic E-state index is 12.4. The summed E-state index contributed by atoms with van der Waals surface area (Å²) >= 11 is 5.85. The number of hydrogen-bond acceptors (Lipinski definition) is 3. The number of carbonyl (C=O) groups excluding carboxylic acids is 2. The zero-order valence-electron chi connectivity index (χ0n) is 14.3. The first-order valence-electron chi connectivity index (χ1n) is 8.19. The molecule has 6 heteroatoms. The predicted octanol–water partition coefficient (Wildman–Crippen LogP) is 3.88. The van der Waals surface area contributed by atoms with E-state index in [-0.39, 0.29) is 11.7 Å². The van der Waals surface area contributed by atoms with Gasteiger partial charge in [0.25, 0.3) is 0 Å². The molecular formula is C20H18ClN3O2. The minimum absolute atomic E-state index is 0.0804. The quantitative estimate of drug-likeness (QED) is 0.672. The summed E-state index contributed by atoms with van der Waals surface area (Å²) in [6, 6.07) is 14.3. The summed E-state index contributed by atoms with van der Waals surface area (Å²) in [5.41, 5.74) is 2.24. The number of aromatic nitrogens is 2. The maximum Gasteiger partial charge on any atom is 0.228 e. The second kappa shape index (κ2) is 7.97. The molecule has 1 aromatic heterocycles. The van der Waals surface area contributed by atoms with E-state index in [0.29, 0.717) is 34.9 Å². The number of nitrogens with one attached hydrogen (secondary N) is 1. The molecule has 1 heterocycles. The van der Waals surface area contributed by atoms with Crippen molar-refractivity contribution in [2.24, 2.45) is 7.05 Å². The summed E-state index contributed by atoms with van der Waals surface area (Å²) < 4.78 is 1.68. The third kappa shape index (κ3) is 4.37. The van der Waals surface area contributed by atoms with Crippen molar-refractivity contribution in [3.63, 3.8) is 0 Å². The number of benzene rings is 2. The molecule has 0 unspecified atom stereocenters. The highest BCUT2D eigenvalue weighted by molar-refractivity contribution is 6.30. The first-order valence-corrected chi connectivity index (χ1v) is 8.57. The summed E-state index contributed by atoms with van der Waals surface area (Å²) in [5.74, 6) is 0.144. The molecule has 0 spiro atoms. The topological polar surface area (TPSA) is 64.0 Å². The molecular weight excluding hydrogens is 350 g/mol. The van der Waals surface area contributed by atoms with Crippen LogP contribution < -0.4 is 5.32 Å². The number of halogens is 1. The standard InChI is InChI=1S/C20H18ClN3O2/c1-24-13-12-22-20(24)19(26)15-5-9-17(10-6-15)23-18(25)11-4-14-2-7-16(21)8-3-14/h2-3,5-10,12-13H,4,11H2,1H3,(H,23,25). The Labute approximate surface area is 156 Å². The van der Waals surface area contributed by atoms with Gasteiger partial charge in [-0.3, -0.25) is 9.59 Å². The number of amides is 1. The van der Waals surface area contributed by atoms with E-state index in [9.17, 15) is 9.59 Å². The van der Waals surface area contributed by atoms with Crippen LogP contribution in [-0.4, -0.2) is 21.2 Å². The van der Waals surface area contributed by atoms with Crippen molar-refractivity contribution in [1.82, 2.24) is 9.55 Å². The molecule has 5 nitrogen and oxygen atoms in total. The van der Waals surface area contributed by atoms with Gasteiger partial charge in [-0.05, 0) is 48.4 Å². The molecule has 132 valence electrons. The van der Waals surface area contributed by atoms with E-state index < -0.39 is 0 Å². The molecule has 0 saturated heterocycles. The fourth-order valence-electron chi connectivity index (χ4n) is 2.55. The Kier molecular flexibility index (Phi) is 5.49. The fourth-order valence-corrected chi connectivity index (χ4v) is 2.68. The first-order chi connectivity index (χ1) is 12.5. The van der Waals surface area contributed by atoms with E-state index >= 15 is 0 Å². The Morgan fingerprint density at radius 3 is 2.38 bits per heavy atom. The Morgan fingerprint density at radius 1 is 1.08 bits per heavy atom. The number of imidazole rings is 1. The fraction of sp³-hybridized carbons (Fsp3) is 0.150. The predicted molar refractivity (Wildman–Crippen MR) is 101 cm³/mol. The lowest BCUT2D eigenvalue weighted by molar-refractivity contribution is -0.116. The second-order valence-electron chi connectivity index (χ2n) is 5.94. The van der Waals surface area contributed by atoms with Crippen LogP contribution in [0.25, 0.3) is 0 Å². The highest BCUT2D eigenvalue weighted by Gasteiger charge is 2.13. The van der Waals surface area contributed by atoms with Crippen LogP contribution in [0.15, 0.2) is 60.9 Å². The zero-order valence-corrected chi connectivity index (χ0v) is 15.0. The second-order valence-corrected chi connectivity index (χ2v) is 6.38. The third-order valence-electron chi connectivity index (χ3n) is 4.01. The molecule has 0 fully saturated rings. The lowest BCUT2D eigenvalue weighted by atomic mass is 10.1. The monoisotopic (exact) mass is 367 g/mol. The largest absolute Gasteiger partial charge is 0.331 e. The van der Waals surface area contributed by atoms with E-state index in [1.165, 1.54) is 0 Å². The van der Waals surface area contributed by atoms with E-state index in [2.05, 4.69) is 10.3 Å². The molecule has 0 atom stereocenters. The lowest BCUT2D eigenvalue weighted by Gasteiger charge is -2.07. The number of ketones is 1. The molecule has 0 aliphatic carbocycles. The van der Waals surface area contributed by atoms with Crippen LogP contribution in [0, 0.1) is 0 Å². The molecule has 2 aromatic carbocycles. The first kappa shape index (κ1) is 17.9. The van der Waals surface area contributed by atoms with Crippen LogP contribution in [0.2, 0.25) is 5.02 Å². The Bertz CT molecular complexity index is 915. The minimum atomic E-state index is -0.155. The number of nitrogens with zero attached hydrogens (tertiary/aromatic N) is 2. The Balaban J connectivity index is 1.57. The number of aryl methyl sites for hydroxylation is 2. The van der Waals surface area contributed by atoms with Gasteiger partial charge in [-0.25, -0.2) is 4.98 Å². The van der Waals surface area contributed by atoms with Crippen molar-refractivity contribution < 1.29 is 9.59 Å². The van der Waals surface area contributed by atoms with Crippen molar-refractivity contribution in [2.45, 2.75) is 12.8 Å². The summed E-state index contributed by atoms with van der Waals surface area (Å²) in [6.07, 6.45) is 4.32. The van der Waals surface area contributed by atoms with Gasteiger partial charge in [0.05, 0.1) is 0 Å². The van der Waals surface area contributed by atoms with Gasteiger partial charge in [0, 0.05) is 42.1 Å². The van der Waals surface area contributed by atoms with Gasteiger partial charge in [-0.2, -0.15) is 0 Å². The average Bonchev–Trinajstić information content (AvgIpc) is 3.07.